The molecule has 0 unspecified atom stereocenters. The Morgan fingerprint density at radius 3 is 2.56 bits per heavy atom. The van der Waals surface area contributed by atoms with Crippen LogP contribution in [0.2, 0.25) is 0 Å². The minimum Gasteiger partial charge on any atom is -0.480 e. The molecule has 1 aromatic heterocycles. The van der Waals surface area contributed by atoms with Gasteiger partial charge in [-0.2, -0.15) is 0 Å². The van der Waals surface area contributed by atoms with Gasteiger partial charge in [0.05, 0.1) is 11.4 Å². The third-order valence-electron chi connectivity index (χ3n) is 3.85. The molecule has 2 aromatic rings. The molecular formula is C18H22N2O4S. The minimum atomic E-state index is -1.00. The number of carboxylic acids is 1. The molecule has 0 fully saturated rings. The second-order valence-electron chi connectivity index (χ2n) is 5.74. The molecule has 0 saturated heterocycles. The number of aryl methyl sites for hydroxylation is 2. The van der Waals surface area contributed by atoms with Crippen molar-refractivity contribution in [3.63, 3.8) is 0 Å². The lowest BCUT2D eigenvalue weighted by molar-refractivity contribution is -0.143. The van der Waals surface area contributed by atoms with Crippen LogP contribution in [0.15, 0.2) is 34.9 Å². The fourth-order valence-electron chi connectivity index (χ4n) is 2.40. The fourth-order valence-corrected chi connectivity index (χ4v) is 3.48. The van der Waals surface area contributed by atoms with Crippen LogP contribution in [-0.2, 0) is 21.8 Å². The third kappa shape index (κ3) is 5.94. The summed E-state index contributed by atoms with van der Waals surface area (Å²) in [6, 6.07) is 9.72. The van der Waals surface area contributed by atoms with Gasteiger partial charge in [0.2, 0.25) is 5.91 Å². The first-order valence-corrected chi connectivity index (χ1v) is 9.16. The average molecular weight is 362 g/mol. The molecule has 1 heterocycles. The molecule has 0 spiro atoms. The highest BCUT2D eigenvalue weighted by Gasteiger charge is 2.17. The molecular weight excluding hydrogens is 340 g/mol. The maximum atomic E-state index is 12.4. The Kier molecular flexibility index (Phi) is 7.06. The summed E-state index contributed by atoms with van der Waals surface area (Å²) < 4.78 is 5.10. The van der Waals surface area contributed by atoms with E-state index < -0.39 is 5.97 Å². The zero-order chi connectivity index (χ0) is 18.2. The second kappa shape index (κ2) is 9.27. The molecule has 6 nitrogen and oxygen atoms in total. The number of carbonyl (C=O) groups excluding carboxylic acids is 1. The fraction of sp³-hybridized carbons (Fsp3) is 0.389. The van der Waals surface area contributed by atoms with Crippen molar-refractivity contribution in [2.75, 3.05) is 18.8 Å². The van der Waals surface area contributed by atoms with Gasteiger partial charge in [0.1, 0.15) is 12.3 Å². The van der Waals surface area contributed by atoms with Crippen molar-refractivity contribution in [3.05, 3.63) is 52.9 Å². The van der Waals surface area contributed by atoms with E-state index >= 15 is 0 Å². The monoisotopic (exact) mass is 362 g/mol. The van der Waals surface area contributed by atoms with Crippen LogP contribution in [0.3, 0.4) is 0 Å². The summed E-state index contributed by atoms with van der Waals surface area (Å²) in [4.78, 5) is 24.9. The summed E-state index contributed by atoms with van der Waals surface area (Å²) in [5.41, 5.74) is 2.89. The minimum absolute atomic E-state index is 0.171. The van der Waals surface area contributed by atoms with Crippen molar-refractivity contribution in [1.29, 1.82) is 0 Å². The van der Waals surface area contributed by atoms with Gasteiger partial charge in [-0.1, -0.05) is 35.5 Å². The predicted molar refractivity (Wildman–Crippen MR) is 96.5 cm³/mol. The summed E-state index contributed by atoms with van der Waals surface area (Å²) >= 11 is 1.44. The number of nitrogens with zero attached hydrogens (tertiary/aromatic N) is 2. The zero-order valence-corrected chi connectivity index (χ0v) is 15.2. The van der Waals surface area contributed by atoms with E-state index in [4.69, 9.17) is 9.63 Å². The highest BCUT2D eigenvalue weighted by atomic mass is 32.2. The second-order valence-corrected chi connectivity index (χ2v) is 6.73. The largest absolute Gasteiger partial charge is 0.480 e. The molecule has 134 valence electrons. The number of hydrogen-bond donors (Lipinski definition) is 1. The molecule has 0 aliphatic heterocycles. The number of carboxylic acid groups (broad SMARTS) is 1. The van der Waals surface area contributed by atoms with E-state index in [9.17, 15) is 9.59 Å². The Morgan fingerprint density at radius 2 is 1.96 bits per heavy atom. The number of aliphatic carboxylic acids is 1. The summed E-state index contributed by atoms with van der Waals surface area (Å²) in [5.74, 6) is 0.426. The van der Waals surface area contributed by atoms with E-state index in [0.29, 0.717) is 18.7 Å². The summed E-state index contributed by atoms with van der Waals surface area (Å²) in [7, 11) is 0. The maximum absolute atomic E-state index is 12.4. The van der Waals surface area contributed by atoms with Gasteiger partial charge >= 0.3 is 5.97 Å². The summed E-state index contributed by atoms with van der Waals surface area (Å²) in [5, 5.41) is 12.9. The van der Waals surface area contributed by atoms with Gasteiger partial charge in [0, 0.05) is 17.9 Å². The van der Waals surface area contributed by atoms with Crippen LogP contribution in [0.5, 0.6) is 0 Å². The highest BCUT2D eigenvalue weighted by Crippen LogP contribution is 2.19. The Balaban J connectivity index is 1.88. The molecule has 1 aromatic carbocycles. The number of benzene rings is 1. The van der Waals surface area contributed by atoms with Crippen molar-refractivity contribution in [3.8, 4) is 0 Å². The van der Waals surface area contributed by atoms with Crippen molar-refractivity contribution < 1.29 is 19.2 Å². The molecule has 25 heavy (non-hydrogen) atoms. The molecule has 0 aliphatic carbocycles. The normalized spacial score (nSPS) is 10.6. The Hall–Kier alpha value is -2.28. The van der Waals surface area contributed by atoms with Gasteiger partial charge in [-0.25, -0.2) is 0 Å². The number of aromatic nitrogens is 1. The number of thioether (sulfide) groups is 1. The van der Waals surface area contributed by atoms with E-state index in [1.54, 1.807) is 0 Å². The van der Waals surface area contributed by atoms with Crippen molar-refractivity contribution >= 4 is 23.6 Å². The maximum Gasteiger partial charge on any atom is 0.323 e. The number of carbonyl (C=O) groups is 2. The van der Waals surface area contributed by atoms with Gasteiger partial charge in [0.25, 0.3) is 0 Å². The molecule has 0 aliphatic rings. The Labute approximate surface area is 151 Å². The van der Waals surface area contributed by atoms with E-state index in [1.165, 1.54) is 16.7 Å². The van der Waals surface area contributed by atoms with Crippen LogP contribution in [-0.4, -0.2) is 45.9 Å². The van der Waals surface area contributed by atoms with Crippen LogP contribution in [0.25, 0.3) is 0 Å². The molecule has 0 atom stereocenters. The van der Waals surface area contributed by atoms with Crippen LogP contribution in [0, 0.1) is 13.8 Å². The van der Waals surface area contributed by atoms with Crippen molar-refractivity contribution in [1.82, 2.24) is 10.1 Å². The van der Waals surface area contributed by atoms with E-state index in [0.717, 1.165) is 22.6 Å². The molecule has 1 N–H and O–H groups in total. The number of hydrogen-bond acceptors (Lipinski definition) is 5. The molecule has 2 rings (SSSR count). The molecule has 1 amide bonds. The van der Waals surface area contributed by atoms with E-state index in [1.807, 2.05) is 44.2 Å². The third-order valence-corrected chi connectivity index (χ3v) is 4.79. The highest BCUT2D eigenvalue weighted by molar-refractivity contribution is 7.99. The van der Waals surface area contributed by atoms with Crippen LogP contribution in [0.4, 0.5) is 0 Å². The van der Waals surface area contributed by atoms with Crippen LogP contribution in [0.1, 0.15) is 22.6 Å². The standard InChI is InChI=1S/C18H22N2O4S/c1-13-16(14(2)24-19-13)11-25-12-17(21)20(10-18(22)23)9-8-15-6-4-3-5-7-15/h3-7H,8-12H2,1-2H3,(H,22,23). The lowest BCUT2D eigenvalue weighted by atomic mass is 10.1. The molecule has 7 heteroatoms. The quantitative estimate of drug-likeness (QED) is 0.738. The van der Waals surface area contributed by atoms with E-state index in [2.05, 4.69) is 5.16 Å². The van der Waals surface area contributed by atoms with Crippen LogP contribution >= 0.6 is 11.8 Å². The first kappa shape index (κ1) is 19.1. The van der Waals surface area contributed by atoms with E-state index in [-0.39, 0.29) is 18.2 Å². The van der Waals surface area contributed by atoms with Gasteiger partial charge < -0.3 is 14.5 Å². The topological polar surface area (TPSA) is 83.6 Å². The molecule has 0 radical (unpaired) electrons. The Morgan fingerprint density at radius 1 is 1.24 bits per heavy atom. The lowest BCUT2D eigenvalue weighted by Gasteiger charge is -2.20. The van der Waals surface area contributed by atoms with Crippen molar-refractivity contribution in [2.24, 2.45) is 0 Å². The lowest BCUT2D eigenvalue weighted by Crippen LogP contribution is -2.38. The molecule has 0 bridgehead atoms. The first-order valence-electron chi connectivity index (χ1n) is 8.00. The number of rotatable bonds is 9. The smallest absolute Gasteiger partial charge is 0.323 e. The van der Waals surface area contributed by atoms with Crippen LogP contribution < -0.4 is 0 Å². The SMILES string of the molecule is Cc1noc(C)c1CSCC(=O)N(CCc1ccccc1)CC(=O)O. The van der Waals surface area contributed by atoms with Gasteiger partial charge in [0.15, 0.2) is 0 Å². The average Bonchev–Trinajstić information content (AvgIpc) is 2.91. The van der Waals surface area contributed by atoms with Gasteiger partial charge in [-0.3, -0.25) is 9.59 Å². The number of amides is 1. The molecule has 0 saturated carbocycles. The van der Waals surface area contributed by atoms with Gasteiger partial charge in [-0.15, -0.1) is 11.8 Å². The first-order chi connectivity index (χ1) is 12.0. The van der Waals surface area contributed by atoms with Gasteiger partial charge in [-0.05, 0) is 25.8 Å². The summed E-state index contributed by atoms with van der Waals surface area (Å²) in [6.45, 7) is 3.82. The summed E-state index contributed by atoms with van der Waals surface area (Å²) in [6.07, 6.45) is 0.633. The Bertz CT molecular complexity index is 696. The predicted octanol–water partition coefficient (Wildman–Crippen LogP) is 2.68. The van der Waals surface area contributed by atoms with Crippen molar-refractivity contribution in [2.45, 2.75) is 26.0 Å². The zero-order valence-electron chi connectivity index (χ0n) is 14.4.